The maximum Gasteiger partial charge on any atom is 0.415 e. The number of amides is 9. The lowest BCUT2D eigenvalue weighted by molar-refractivity contribution is -0.137. The van der Waals surface area contributed by atoms with Crippen LogP contribution >= 0.6 is 22.9 Å². The summed E-state index contributed by atoms with van der Waals surface area (Å²) in [6, 6.07) is 15.4. The highest BCUT2D eigenvalue weighted by Gasteiger charge is 2.41. The second-order valence-electron chi connectivity index (χ2n) is 22.3. The molecule has 2 aromatic heterocycles. The molecule has 2 fully saturated rings. The Balaban J connectivity index is 0.737. The van der Waals surface area contributed by atoms with E-state index in [0.29, 0.717) is 78.2 Å². The van der Waals surface area contributed by atoms with E-state index < -0.39 is 47.8 Å². The minimum absolute atomic E-state index is 0.113. The number of aryl methyl sites for hydroxylation is 1. The highest BCUT2D eigenvalue weighted by Crippen LogP contribution is 2.49. The van der Waals surface area contributed by atoms with E-state index in [4.69, 9.17) is 16.3 Å². The van der Waals surface area contributed by atoms with Crippen molar-refractivity contribution in [3.8, 4) is 5.75 Å². The highest BCUT2D eigenvalue weighted by molar-refractivity contribution is 7.17. The molecule has 2 unspecified atom stereocenters. The zero-order chi connectivity index (χ0) is 60.8. The van der Waals surface area contributed by atoms with Crippen molar-refractivity contribution in [1.29, 1.82) is 0 Å². The standard InChI is InChI=1S/C63H68ClN11O10S/c1-37-26-43(14-11-20-65-48(27-37)61(82)75-34-42(33-64)57-50(75)32-51(58-56(57)38(2)36-86-58)85-63(84)72-24-22-71(4)23-25-72)67-59(80)47-31-41-30-44(16-17-45(41)68-47)66-53(77)35-74-39(3)28-49(62(74)83)70-60(81)46(29-40-12-7-5-8-13-40)69-52(76)15-9-6-10-21-73-54(78)18-19-55(73)79/h5,7-8,11-14,16-19,26-27,30-32,36,39,42,46,49,65,68H,1,6,9-10,15,20-25,28-29,33-35H2,2-4H3,(H,66,77)(H,67,80)(H,69,76)(H,70,81)/b14-11-,43-26?,48-27-/t39?,42-,46+,49?/m1/s1. The van der Waals surface area contributed by atoms with Gasteiger partial charge in [-0.25, -0.2) is 4.79 Å². The van der Waals surface area contributed by atoms with E-state index >= 15 is 0 Å². The summed E-state index contributed by atoms with van der Waals surface area (Å²) >= 11 is 8.10. The van der Waals surface area contributed by atoms with Crippen molar-refractivity contribution in [2.75, 3.05) is 75.5 Å². The molecule has 5 aromatic rings. The summed E-state index contributed by atoms with van der Waals surface area (Å²) in [4.78, 5) is 131. The second kappa shape index (κ2) is 26.6. The Morgan fingerprint density at radius 1 is 0.895 bits per heavy atom. The quantitative estimate of drug-likeness (QED) is 0.0304. The first kappa shape index (κ1) is 60.3. The third-order valence-corrected chi connectivity index (χ3v) is 17.4. The number of hydrogen-bond donors (Lipinski definition) is 6. The molecule has 0 radical (unpaired) electrons. The third kappa shape index (κ3) is 13.8. The fraction of sp³-hybridized carbons (Fsp3) is 0.349. The van der Waals surface area contributed by atoms with Crippen LogP contribution < -0.4 is 36.2 Å². The average Bonchev–Trinajstić information content (AvgIpc) is 1.89. The molecule has 0 bridgehead atoms. The molecule has 0 spiro atoms. The number of carbonyl (C=O) groups excluding carboxylic acids is 9. The monoisotopic (exact) mass is 1210 g/mol. The normalized spacial score (nSPS) is 20.2. The number of allylic oxidation sites excluding steroid dienone is 4. The largest absolute Gasteiger partial charge is 0.415 e. The number of aromatic nitrogens is 1. The summed E-state index contributed by atoms with van der Waals surface area (Å²) in [7, 11) is 2.01. The van der Waals surface area contributed by atoms with E-state index in [1.165, 1.54) is 28.4 Å². The van der Waals surface area contributed by atoms with Crippen LogP contribution in [-0.4, -0.2) is 161 Å². The number of alkyl halides is 1. The molecule has 9 amide bonds. The number of ether oxygens (including phenoxy) is 1. The topological polar surface area (TPSA) is 255 Å². The molecule has 7 heterocycles. The first-order chi connectivity index (χ1) is 41.4. The Bertz CT molecular complexity index is 3660. The minimum Gasteiger partial charge on any atom is -0.409 e. The van der Waals surface area contributed by atoms with Gasteiger partial charge in [-0.3, -0.25) is 43.3 Å². The number of likely N-dealkylation sites (N-methyl/N-ethyl adjacent to an activating group) is 1. The van der Waals surface area contributed by atoms with Crippen LogP contribution in [0.15, 0.2) is 126 Å². The number of likely N-dealkylation sites (tertiary alicyclic amines) is 1. The molecule has 3 aromatic carbocycles. The van der Waals surface area contributed by atoms with Crippen LogP contribution in [0.25, 0.3) is 21.0 Å². The minimum atomic E-state index is -0.993. The van der Waals surface area contributed by atoms with Crippen LogP contribution in [0.5, 0.6) is 5.75 Å². The van der Waals surface area contributed by atoms with Gasteiger partial charge in [0.2, 0.25) is 23.6 Å². The lowest BCUT2D eigenvalue weighted by atomic mass is 9.97. The molecule has 86 heavy (non-hydrogen) atoms. The van der Waals surface area contributed by atoms with Crippen LogP contribution in [0.3, 0.4) is 0 Å². The molecule has 5 aliphatic rings. The summed E-state index contributed by atoms with van der Waals surface area (Å²) in [5, 5.41) is 18.2. The van der Waals surface area contributed by atoms with Crippen molar-refractivity contribution in [1.82, 2.24) is 45.9 Å². The molecule has 2 saturated heterocycles. The van der Waals surface area contributed by atoms with Gasteiger partial charge in [-0.1, -0.05) is 49.4 Å². The lowest BCUT2D eigenvalue weighted by Crippen LogP contribution is -2.52. The van der Waals surface area contributed by atoms with Gasteiger partial charge < -0.3 is 55.9 Å². The van der Waals surface area contributed by atoms with Gasteiger partial charge >= 0.3 is 6.09 Å². The Hall–Kier alpha value is -8.86. The van der Waals surface area contributed by atoms with E-state index in [-0.39, 0.29) is 85.7 Å². The maximum atomic E-state index is 14.6. The Labute approximate surface area is 506 Å². The molecule has 0 aliphatic carbocycles. The van der Waals surface area contributed by atoms with E-state index in [1.54, 1.807) is 71.4 Å². The molecular formula is C63H68ClN11O10S. The number of anilines is 2. The number of nitrogens with one attached hydrogen (secondary N) is 6. The Morgan fingerprint density at radius 2 is 1.66 bits per heavy atom. The zero-order valence-electron chi connectivity index (χ0n) is 48.0. The number of unbranched alkanes of at least 4 members (excludes halogenated alkanes) is 2. The highest BCUT2D eigenvalue weighted by atomic mass is 35.5. The van der Waals surface area contributed by atoms with E-state index in [9.17, 15) is 43.2 Å². The van der Waals surface area contributed by atoms with Crippen LogP contribution in [-0.2, 0) is 40.0 Å². The first-order valence-corrected chi connectivity index (χ1v) is 30.1. The summed E-state index contributed by atoms with van der Waals surface area (Å²) in [6.07, 6.45) is 10.9. The SMILES string of the molecule is C=C1C=C(NC(=O)c2cc3cc(NC(=O)CN4C(=O)C(NC(=O)[C@H](Cc5ccccc5)NC(=O)CCCCCN5C(=O)C=CC5=O)CC4C)ccc3[nH]2)/C=C\CN/C(C(=O)N2C[C@@H](CCl)c3c2cc(OC(=O)N2CCN(C)CC2)c2scc(C)c32)=C\1. The smallest absolute Gasteiger partial charge is 0.409 e. The number of thiophene rings is 1. The van der Waals surface area contributed by atoms with Crippen molar-refractivity contribution in [3.05, 3.63) is 148 Å². The zero-order valence-corrected chi connectivity index (χ0v) is 49.6. The van der Waals surface area contributed by atoms with Crippen LogP contribution in [0.1, 0.15) is 72.1 Å². The third-order valence-electron chi connectivity index (χ3n) is 16.0. The maximum absolute atomic E-state index is 14.6. The van der Waals surface area contributed by atoms with Gasteiger partial charge in [-0.2, -0.15) is 0 Å². The number of piperazine rings is 1. The molecule has 23 heteroatoms. The van der Waals surface area contributed by atoms with Crippen molar-refractivity contribution < 1.29 is 47.9 Å². The summed E-state index contributed by atoms with van der Waals surface area (Å²) in [5.74, 6) is -2.85. The molecular weight excluding hydrogens is 1140 g/mol. The van der Waals surface area contributed by atoms with Gasteiger partial charge in [-0.15, -0.1) is 22.9 Å². The molecule has 4 atom stereocenters. The van der Waals surface area contributed by atoms with Gasteiger partial charge in [-0.05, 0) is 110 Å². The lowest BCUT2D eigenvalue weighted by Gasteiger charge is -2.31. The summed E-state index contributed by atoms with van der Waals surface area (Å²) < 4.78 is 6.92. The number of imide groups is 1. The van der Waals surface area contributed by atoms with Crippen LogP contribution in [0, 0.1) is 6.92 Å². The number of fused-ring (bicyclic) bond motifs is 4. The predicted molar refractivity (Wildman–Crippen MR) is 328 cm³/mol. The van der Waals surface area contributed by atoms with Gasteiger partial charge in [0, 0.05) is 122 Å². The van der Waals surface area contributed by atoms with Crippen LogP contribution in [0.4, 0.5) is 16.2 Å². The molecule has 21 nitrogen and oxygen atoms in total. The molecule has 0 saturated carbocycles. The number of rotatable bonds is 19. The van der Waals surface area contributed by atoms with Gasteiger partial charge in [0.1, 0.15) is 30.0 Å². The fourth-order valence-corrected chi connectivity index (χ4v) is 12.7. The van der Waals surface area contributed by atoms with E-state index in [2.05, 4.69) is 43.0 Å². The molecule has 5 aliphatic heterocycles. The molecule has 448 valence electrons. The second-order valence-corrected chi connectivity index (χ2v) is 23.4. The van der Waals surface area contributed by atoms with Gasteiger partial charge in [0.25, 0.3) is 23.6 Å². The predicted octanol–water partition coefficient (Wildman–Crippen LogP) is 6.28. The fourth-order valence-electron chi connectivity index (χ4n) is 11.4. The number of hydrogen-bond acceptors (Lipinski definition) is 13. The number of halogens is 1. The Kier molecular flexibility index (Phi) is 18.6. The van der Waals surface area contributed by atoms with Crippen LogP contribution in [0.2, 0.25) is 0 Å². The summed E-state index contributed by atoms with van der Waals surface area (Å²) in [6.45, 7) is 11.1. The van der Waals surface area contributed by atoms with Crippen molar-refractivity contribution in [2.45, 2.75) is 76.4 Å². The number of carbonyl (C=O) groups is 9. The summed E-state index contributed by atoms with van der Waals surface area (Å²) in [5.41, 5.74) is 5.71. The first-order valence-electron chi connectivity index (χ1n) is 28.7. The molecule has 10 rings (SSSR count). The Morgan fingerprint density at radius 3 is 2.42 bits per heavy atom. The van der Waals surface area contributed by atoms with Crippen molar-refractivity contribution in [2.24, 2.45) is 0 Å². The number of benzene rings is 3. The van der Waals surface area contributed by atoms with Gasteiger partial charge in [0.15, 0.2) is 5.75 Å². The van der Waals surface area contributed by atoms with E-state index in [1.807, 2.05) is 49.7 Å². The van der Waals surface area contributed by atoms with Crippen molar-refractivity contribution in [3.63, 3.8) is 0 Å². The number of nitrogens with zero attached hydrogens (tertiary/aromatic N) is 5. The number of H-pyrrole nitrogens is 1. The van der Waals surface area contributed by atoms with Crippen molar-refractivity contribution >= 4 is 109 Å². The van der Waals surface area contributed by atoms with Gasteiger partial charge in [0.05, 0.1) is 10.4 Å². The average molecular weight is 1210 g/mol. The molecule has 6 N–H and O–H groups in total. The van der Waals surface area contributed by atoms with E-state index in [0.717, 1.165) is 44.8 Å². The number of aromatic amines is 1.